The van der Waals surface area contributed by atoms with Crippen molar-refractivity contribution in [3.8, 4) is 5.69 Å². The minimum Gasteiger partial charge on any atom is -0.367 e. The lowest BCUT2D eigenvalue weighted by Gasteiger charge is -2.09. The number of hydrogen-bond donors (Lipinski definition) is 1. The van der Waals surface area contributed by atoms with E-state index in [9.17, 15) is 18.0 Å². The number of carbonyl (C=O) groups is 1. The van der Waals surface area contributed by atoms with Crippen LogP contribution in [0, 0.1) is 0 Å². The van der Waals surface area contributed by atoms with Gasteiger partial charge in [0.15, 0.2) is 0 Å². The zero-order chi connectivity index (χ0) is 20.0. The van der Waals surface area contributed by atoms with Gasteiger partial charge < -0.3 is 10.1 Å². The fraction of sp³-hybridized carbons (Fsp3) is 0.222. The average molecular weight is 391 g/mol. The number of aromatic nitrogens is 4. The van der Waals surface area contributed by atoms with Crippen LogP contribution in [0.5, 0.6) is 0 Å². The van der Waals surface area contributed by atoms with Crippen molar-refractivity contribution in [1.82, 2.24) is 25.5 Å². The molecule has 0 unspecified atom stereocenters. The molecule has 0 radical (unpaired) electrons. The standard InChI is InChI=1S/C18H16F3N5O2/c19-18(20,21)11-28-10-14-6-4-13(5-7-14)9-22-17(27)15-2-1-3-16(8-15)26-12-23-24-25-26/h1-8,12H,9-11H2,(H,22,27). The summed E-state index contributed by atoms with van der Waals surface area (Å²) < 4.78 is 42.3. The summed E-state index contributed by atoms with van der Waals surface area (Å²) in [6, 6.07) is 13.6. The maximum atomic E-state index is 12.3. The van der Waals surface area contributed by atoms with E-state index in [2.05, 4.69) is 25.6 Å². The molecule has 1 heterocycles. The molecule has 0 saturated carbocycles. The first-order valence-electron chi connectivity index (χ1n) is 8.25. The van der Waals surface area contributed by atoms with E-state index in [-0.39, 0.29) is 19.1 Å². The number of rotatable bonds is 7. The summed E-state index contributed by atoms with van der Waals surface area (Å²) in [5, 5.41) is 13.7. The first kappa shape index (κ1) is 19.5. The lowest BCUT2D eigenvalue weighted by Crippen LogP contribution is -2.23. The highest BCUT2D eigenvalue weighted by molar-refractivity contribution is 5.94. The molecule has 1 aromatic heterocycles. The first-order chi connectivity index (χ1) is 13.4. The zero-order valence-electron chi connectivity index (χ0n) is 14.6. The third-order valence-corrected chi connectivity index (χ3v) is 3.73. The Morgan fingerprint density at radius 3 is 2.54 bits per heavy atom. The molecular formula is C18H16F3N5O2. The van der Waals surface area contributed by atoms with Crippen molar-refractivity contribution in [3.05, 3.63) is 71.5 Å². The molecule has 146 valence electrons. The van der Waals surface area contributed by atoms with Crippen LogP contribution in [0.2, 0.25) is 0 Å². The van der Waals surface area contributed by atoms with Gasteiger partial charge in [0.1, 0.15) is 12.9 Å². The Kier molecular flexibility index (Phi) is 5.99. The number of benzene rings is 2. The number of tetrazole rings is 1. The molecule has 0 aliphatic rings. The highest BCUT2D eigenvalue weighted by atomic mass is 19.4. The van der Waals surface area contributed by atoms with Crippen LogP contribution < -0.4 is 5.32 Å². The van der Waals surface area contributed by atoms with Gasteiger partial charge in [0.05, 0.1) is 12.3 Å². The van der Waals surface area contributed by atoms with Gasteiger partial charge in [-0.05, 0) is 39.8 Å². The number of amides is 1. The summed E-state index contributed by atoms with van der Waals surface area (Å²) in [5.41, 5.74) is 2.53. The molecule has 2 aromatic carbocycles. The van der Waals surface area contributed by atoms with E-state index in [0.29, 0.717) is 16.8 Å². The molecule has 28 heavy (non-hydrogen) atoms. The summed E-state index contributed by atoms with van der Waals surface area (Å²) >= 11 is 0. The topological polar surface area (TPSA) is 81.9 Å². The quantitative estimate of drug-likeness (QED) is 0.670. The van der Waals surface area contributed by atoms with Gasteiger partial charge in [-0.25, -0.2) is 4.68 Å². The van der Waals surface area contributed by atoms with Crippen molar-refractivity contribution in [1.29, 1.82) is 0 Å². The van der Waals surface area contributed by atoms with E-state index in [1.165, 1.54) is 11.0 Å². The Bertz CT molecular complexity index is 912. The molecule has 0 aliphatic carbocycles. The Labute approximate surface area is 158 Å². The summed E-state index contributed by atoms with van der Waals surface area (Å²) in [7, 11) is 0. The number of nitrogens with one attached hydrogen (secondary N) is 1. The SMILES string of the molecule is O=C(NCc1ccc(COCC(F)(F)F)cc1)c1cccc(-n2cnnn2)c1. The minimum atomic E-state index is -4.34. The number of hydrogen-bond acceptors (Lipinski definition) is 5. The van der Waals surface area contributed by atoms with Crippen LogP contribution in [-0.2, 0) is 17.9 Å². The highest BCUT2D eigenvalue weighted by Crippen LogP contribution is 2.16. The zero-order valence-corrected chi connectivity index (χ0v) is 14.6. The fourth-order valence-electron chi connectivity index (χ4n) is 2.39. The summed E-state index contributed by atoms with van der Waals surface area (Å²) in [6.45, 7) is -1.14. The van der Waals surface area contributed by atoms with Crippen molar-refractivity contribution in [3.63, 3.8) is 0 Å². The van der Waals surface area contributed by atoms with Crippen LogP contribution in [0.25, 0.3) is 5.69 Å². The Morgan fingerprint density at radius 2 is 1.86 bits per heavy atom. The van der Waals surface area contributed by atoms with Gasteiger partial charge in [-0.1, -0.05) is 30.3 Å². The number of halogens is 3. The molecule has 10 heteroatoms. The molecule has 0 aliphatic heterocycles. The molecule has 0 fully saturated rings. The van der Waals surface area contributed by atoms with E-state index in [1.807, 2.05) is 0 Å². The first-order valence-corrected chi connectivity index (χ1v) is 8.25. The van der Waals surface area contributed by atoms with Crippen LogP contribution in [0.1, 0.15) is 21.5 Å². The molecule has 0 atom stereocenters. The molecule has 0 bridgehead atoms. The van der Waals surface area contributed by atoms with E-state index >= 15 is 0 Å². The number of ether oxygens (including phenoxy) is 1. The van der Waals surface area contributed by atoms with Crippen molar-refractivity contribution in [2.75, 3.05) is 6.61 Å². The van der Waals surface area contributed by atoms with Crippen LogP contribution >= 0.6 is 0 Å². The van der Waals surface area contributed by atoms with Gasteiger partial charge in [-0.2, -0.15) is 13.2 Å². The average Bonchev–Trinajstić information content (AvgIpc) is 3.21. The molecular weight excluding hydrogens is 375 g/mol. The van der Waals surface area contributed by atoms with Gasteiger partial charge >= 0.3 is 6.18 Å². The third-order valence-electron chi connectivity index (χ3n) is 3.73. The number of carbonyl (C=O) groups excluding carboxylic acids is 1. The summed E-state index contributed by atoms with van der Waals surface area (Å²) in [5.74, 6) is -0.271. The largest absolute Gasteiger partial charge is 0.411 e. The fourth-order valence-corrected chi connectivity index (χ4v) is 2.39. The molecule has 7 nitrogen and oxygen atoms in total. The number of alkyl halides is 3. The smallest absolute Gasteiger partial charge is 0.367 e. The second kappa shape index (κ2) is 8.61. The van der Waals surface area contributed by atoms with Gasteiger partial charge in [0, 0.05) is 12.1 Å². The summed E-state index contributed by atoms with van der Waals surface area (Å²) in [4.78, 5) is 12.3. The second-order valence-electron chi connectivity index (χ2n) is 5.91. The number of nitrogens with zero attached hydrogens (tertiary/aromatic N) is 4. The van der Waals surface area contributed by atoms with Crippen molar-refractivity contribution >= 4 is 5.91 Å². The predicted molar refractivity (Wildman–Crippen MR) is 92.5 cm³/mol. The van der Waals surface area contributed by atoms with Crippen molar-refractivity contribution < 1.29 is 22.7 Å². The van der Waals surface area contributed by atoms with Gasteiger partial charge in [0.25, 0.3) is 5.91 Å². The molecule has 3 aromatic rings. The molecule has 1 N–H and O–H groups in total. The lowest BCUT2D eigenvalue weighted by atomic mass is 10.1. The lowest BCUT2D eigenvalue weighted by molar-refractivity contribution is -0.176. The Hall–Kier alpha value is -3.27. The molecule has 0 spiro atoms. The van der Waals surface area contributed by atoms with Crippen molar-refractivity contribution in [2.24, 2.45) is 0 Å². The van der Waals surface area contributed by atoms with Crippen LogP contribution in [0.3, 0.4) is 0 Å². The van der Waals surface area contributed by atoms with Gasteiger partial charge in [0.2, 0.25) is 0 Å². The van der Waals surface area contributed by atoms with Crippen LogP contribution in [-0.4, -0.2) is 38.9 Å². The monoisotopic (exact) mass is 391 g/mol. The maximum absolute atomic E-state index is 12.3. The van der Waals surface area contributed by atoms with Crippen LogP contribution in [0.15, 0.2) is 54.9 Å². The van der Waals surface area contributed by atoms with Gasteiger partial charge in [-0.3, -0.25) is 4.79 Å². The van der Waals surface area contributed by atoms with E-state index < -0.39 is 12.8 Å². The minimum absolute atomic E-state index is 0.129. The van der Waals surface area contributed by atoms with E-state index in [4.69, 9.17) is 0 Å². The third kappa shape index (κ3) is 5.61. The van der Waals surface area contributed by atoms with Gasteiger partial charge in [-0.15, -0.1) is 5.10 Å². The summed E-state index contributed by atoms with van der Waals surface area (Å²) in [6.07, 6.45) is -2.91. The molecule has 0 saturated heterocycles. The Balaban J connectivity index is 1.53. The molecule has 1 amide bonds. The second-order valence-corrected chi connectivity index (χ2v) is 5.91. The van der Waals surface area contributed by atoms with Crippen molar-refractivity contribution in [2.45, 2.75) is 19.3 Å². The highest BCUT2D eigenvalue weighted by Gasteiger charge is 2.27. The van der Waals surface area contributed by atoms with E-state index in [0.717, 1.165) is 5.56 Å². The van der Waals surface area contributed by atoms with Crippen LogP contribution in [0.4, 0.5) is 13.2 Å². The van der Waals surface area contributed by atoms with E-state index in [1.54, 1.807) is 48.5 Å². The normalized spacial score (nSPS) is 11.4. The maximum Gasteiger partial charge on any atom is 0.411 e. The Morgan fingerprint density at radius 1 is 1.11 bits per heavy atom. The molecule has 3 rings (SSSR count). The predicted octanol–water partition coefficient (Wildman–Crippen LogP) is 2.67.